The van der Waals surface area contributed by atoms with Crippen molar-refractivity contribution in [3.63, 3.8) is 0 Å². The molecule has 2 aromatic rings. The fourth-order valence-electron chi connectivity index (χ4n) is 4.53. The monoisotopic (exact) mass is 438 g/mol. The van der Waals surface area contributed by atoms with Crippen molar-refractivity contribution in [1.82, 2.24) is 9.80 Å². The maximum atomic E-state index is 13.1. The van der Waals surface area contributed by atoms with E-state index in [1.165, 1.54) is 24.0 Å². The van der Waals surface area contributed by atoms with Crippen LogP contribution in [0.1, 0.15) is 35.6 Å². The van der Waals surface area contributed by atoms with Gasteiger partial charge in [-0.25, -0.2) is 0 Å². The summed E-state index contributed by atoms with van der Waals surface area (Å²) in [5.74, 6) is 0.110. The average molecular weight is 440 g/mol. The Kier molecular flexibility index (Phi) is 6.93. The van der Waals surface area contributed by atoms with Gasteiger partial charge in [0.25, 0.3) is 0 Å². The lowest BCUT2D eigenvalue weighted by Crippen LogP contribution is -2.44. The first-order valence-corrected chi connectivity index (χ1v) is 10.3. The van der Waals surface area contributed by atoms with Gasteiger partial charge in [-0.2, -0.15) is 0 Å². The van der Waals surface area contributed by atoms with Gasteiger partial charge in [-0.05, 0) is 61.2 Å². The largest absolute Gasteiger partial charge is 0.337 e. The highest BCUT2D eigenvalue weighted by Crippen LogP contribution is 2.39. The number of likely N-dealkylation sites (N-methyl/N-ethyl adjacent to an activating group) is 1. The van der Waals surface area contributed by atoms with Crippen LogP contribution in [-0.2, 0) is 17.6 Å². The van der Waals surface area contributed by atoms with Crippen molar-refractivity contribution in [2.75, 3.05) is 20.1 Å². The minimum Gasteiger partial charge on any atom is -0.337 e. The number of halogens is 3. The van der Waals surface area contributed by atoms with E-state index in [-0.39, 0.29) is 24.4 Å². The van der Waals surface area contributed by atoms with Gasteiger partial charge in [0.2, 0.25) is 5.91 Å². The second-order valence-electron chi connectivity index (χ2n) is 7.59. The summed E-state index contributed by atoms with van der Waals surface area (Å²) in [5, 5.41) is 1.01. The van der Waals surface area contributed by atoms with Crippen molar-refractivity contribution in [2.45, 2.75) is 37.8 Å². The molecule has 0 aromatic heterocycles. The molecule has 1 aliphatic heterocycles. The molecular weight excluding hydrogens is 415 g/mol. The molecule has 1 saturated heterocycles. The van der Waals surface area contributed by atoms with Gasteiger partial charge in [0.05, 0.1) is 22.5 Å². The maximum Gasteiger partial charge on any atom is 0.227 e. The van der Waals surface area contributed by atoms with Crippen LogP contribution in [0.25, 0.3) is 0 Å². The topological polar surface area (TPSA) is 23.6 Å². The van der Waals surface area contributed by atoms with Crippen molar-refractivity contribution in [1.29, 1.82) is 0 Å². The Morgan fingerprint density at radius 3 is 2.54 bits per heavy atom. The third kappa shape index (κ3) is 4.18. The minimum absolute atomic E-state index is 0. The van der Waals surface area contributed by atoms with Gasteiger partial charge in [0.1, 0.15) is 0 Å². The first kappa shape index (κ1) is 21.4. The fraction of sp³-hybridized carbons (Fsp3) is 0.409. The Bertz CT molecular complexity index is 851. The van der Waals surface area contributed by atoms with Gasteiger partial charge in [-0.15, -0.1) is 12.4 Å². The smallest absolute Gasteiger partial charge is 0.227 e. The second-order valence-corrected chi connectivity index (χ2v) is 8.40. The molecule has 28 heavy (non-hydrogen) atoms. The third-order valence-electron chi connectivity index (χ3n) is 5.93. The predicted molar refractivity (Wildman–Crippen MR) is 118 cm³/mol. The fourth-order valence-corrected chi connectivity index (χ4v) is 4.85. The standard InChI is InChI=1S/C22H24Cl2N2O.ClH/c1-25(21(27)13-15-8-9-18(23)19(24)12-15)22-17-7-3-2-6-16(17)14-20(22)26-10-4-5-11-26;/h2-3,6-9,12,20,22H,4-5,10-11,13-14H2,1H3;1H/t20-,22-;/m1./s1. The quantitative estimate of drug-likeness (QED) is 0.655. The van der Waals surface area contributed by atoms with Crippen LogP contribution in [0.2, 0.25) is 10.0 Å². The lowest BCUT2D eigenvalue weighted by atomic mass is 10.0. The van der Waals surface area contributed by atoms with E-state index in [0.717, 1.165) is 25.1 Å². The van der Waals surface area contributed by atoms with Crippen molar-refractivity contribution >= 4 is 41.5 Å². The van der Waals surface area contributed by atoms with E-state index in [9.17, 15) is 4.79 Å². The van der Waals surface area contributed by atoms with Crippen LogP contribution in [0, 0.1) is 0 Å². The second kappa shape index (κ2) is 9.04. The van der Waals surface area contributed by atoms with E-state index >= 15 is 0 Å². The molecule has 3 nitrogen and oxygen atoms in total. The van der Waals surface area contributed by atoms with E-state index < -0.39 is 0 Å². The summed E-state index contributed by atoms with van der Waals surface area (Å²) in [5.41, 5.74) is 3.55. The van der Waals surface area contributed by atoms with E-state index in [4.69, 9.17) is 23.2 Å². The molecule has 0 bridgehead atoms. The lowest BCUT2D eigenvalue weighted by molar-refractivity contribution is -0.132. The van der Waals surface area contributed by atoms with Crippen LogP contribution < -0.4 is 0 Å². The van der Waals surface area contributed by atoms with Crippen molar-refractivity contribution in [2.24, 2.45) is 0 Å². The van der Waals surface area contributed by atoms with Crippen LogP contribution in [0.3, 0.4) is 0 Å². The molecule has 2 atom stereocenters. The minimum atomic E-state index is 0. The molecule has 150 valence electrons. The van der Waals surface area contributed by atoms with E-state index in [1.54, 1.807) is 12.1 Å². The van der Waals surface area contributed by atoms with E-state index in [1.807, 2.05) is 18.0 Å². The van der Waals surface area contributed by atoms with Crippen molar-refractivity contribution in [3.05, 3.63) is 69.2 Å². The summed E-state index contributed by atoms with van der Waals surface area (Å²) in [6.07, 6.45) is 3.85. The molecule has 1 aliphatic carbocycles. The molecule has 4 rings (SSSR count). The predicted octanol–water partition coefficient (Wildman–Crippen LogP) is 5.18. The maximum absolute atomic E-state index is 13.1. The third-order valence-corrected chi connectivity index (χ3v) is 6.67. The number of hydrogen-bond acceptors (Lipinski definition) is 2. The van der Waals surface area contributed by atoms with Crippen LogP contribution in [0.15, 0.2) is 42.5 Å². The Balaban J connectivity index is 0.00000225. The van der Waals surface area contributed by atoms with Crippen LogP contribution in [-0.4, -0.2) is 41.9 Å². The molecule has 0 spiro atoms. The van der Waals surface area contributed by atoms with Gasteiger partial charge in [-0.1, -0.05) is 53.5 Å². The first-order chi connectivity index (χ1) is 13.0. The molecule has 0 unspecified atom stereocenters. The number of rotatable bonds is 4. The normalized spacial score (nSPS) is 21.2. The molecule has 2 aliphatic rings. The molecule has 0 N–H and O–H groups in total. The molecule has 6 heteroatoms. The van der Waals surface area contributed by atoms with Gasteiger partial charge >= 0.3 is 0 Å². The summed E-state index contributed by atoms with van der Waals surface area (Å²) >= 11 is 12.1. The first-order valence-electron chi connectivity index (χ1n) is 9.56. The number of nitrogens with zero attached hydrogens (tertiary/aromatic N) is 2. The molecule has 1 amide bonds. The van der Waals surface area contributed by atoms with Crippen LogP contribution >= 0.6 is 35.6 Å². The zero-order chi connectivity index (χ0) is 19.0. The zero-order valence-corrected chi connectivity index (χ0v) is 18.2. The van der Waals surface area contributed by atoms with Gasteiger partial charge in [-0.3, -0.25) is 9.69 Å². The summed E-state index contributed by atoms with van der Waals surface area (Å²) in [6, 6.07) is 14.5. The van der Waals surface area contributed by atoms with E-state index in [0.29, 0.717) is 22.5 Å². The number of carbonyl (C=O) groups excluding carboxylic acids is 1. The summed E-state index contributed by atoms with van der Waals surface area (Å²) in [7, 11) is 1.94. The highest BCUT2D eigenvalue weighted by atomic mass is 35.5. The summed E-state index contributed by atoms with van der Waals surface area (Å²) in [4.78, 5) is 17.6. The van der Waals surface area contributed by atoms with Crippen LogP contribution in [0.5, 0.6) is 0 Å². The number of carbonyl (C=O) groups is 1. The van der Waals surface area contributed by atoms with E-state index in [2.05, 4.69) is 29.2 Å². The summed E-state index contributed by atoms with van der Waals surface area (Å²) in [6.45, 7) is 2.26. The van der Waals surface area contributed by atoms with Gasteiger partial charge in [0, 0.05) is 13.1 Å². The Morgan fingerprint density at radius 1 is 1.11 bits per heavy atom. The molecular formula is C22H25Cl3N2O. The molecule has 2 aromatic carbocycles. The molecule has 0 saturated carbocycles. The molecule has 0 radical (unpaired) electrons. The highest BCUT2D eigenvalue weighted by Gasteiger charge is 2.40. The Morgan fingerprint density at radius 2 is 1.82 bits per heavy atom. The highest BCUT2D eigenvalue weighted by molar-refractivity contribution is 6.42. The lowest BCUT2D eigenvalue weighted by Gasteiger charge is -2.35. The van der Waals surface area contributed by atoms with Gasteiger partial charge < -0.3 is 4.90 Å². The van der Waals surface area contributed by atoms with Crippen molar-refractivity contribution < 1.29 is 4.79 Å². The Labute approximate surface area is 183 Å². The Hall–Kier alpha value is -1.26. The number of fused-ring (bicyclic) bond motifs is 1. The van der Waals surface area contributed by atoms with Crippen molar-refractivity contribution in [3.8, 4) is 0 Å². The summed E-state index contributed by atoms with van der Waals surface area (Å²) < 4.78 is 0. The molecule has 1 fully saturated rings. The SMILES string of the molecule is CN(C(=O)Cc1ccc(Cl)c(Cl)c1)[C@@H]1c2ccccc2C[C@H]1N1CCCC1.Cl. The average Bonchev–Trinajstić information content (AvgIpc) is 3.31. The number of amides is 1. The number of benzene rings is 2. The molecule has 1 heterocycles. The number of hydrogen-bond donors (Lipinski definition) is 0. The van der Waals surface area contributed by atoms with Crippen LogP contribution in [0.4, 0.5) is 0 Å². The van der Waals surface area contributed by atoms with Gasteiger partial charge in [0.15, 0.2) is 0 Å². The number of likely N-dealkylation sites (tertiary alicyclic amines) is 1. The zero-order valence-electron chi connectivity index (χ0n) is 15.9.